The van der Waals surface area contributed by atoms with Gasteiger partial charge in [-0.2, -0.15) is 0 Å². The van der Waals surface area contributed by atoms with E-state index in [0.717, 1.165) is 11.3 Å². The topological polar surface area (TPSA) is 92.4 Å². The van der Waals surface area contributed by atoms with Gasteiger partial charge in [-0.15, -0.1) is 11.3 Å². The Hall–Kier alpha value is -2.52. The van der Waals surface area contributed by atoms with Crippen LogP contribution in [0.5, 0.6) is 0 Å². The molecule has 0 bridgehead atoms. The minimum absolute atomic E-state index is 0.211. The minimum atomic E-state index is -0.530. The summed E-state index contributed by atoms with van der Waals surface area (Å²) in [5, 5.41) is 9.48. The van der Waals surface area contributed by atoms with Crippen LogP contribution in [-0.2, 0) is 4.74 Å². The van der Waals surface area contributed by atoms with Crippen molar-refractivity contribution in [2.45, 2.75) is 0 Å². The zero-order valence-corrected chi connectivity index (χ0v) is 13.1. The Morgan fingerprint density at radius 2 is 2.00 bits per heavy atom. The summed E-state index contributed by atoms with van der Waals surface area (Å²) in [5.74, 6) is -0.731. The number of ether oxygens (including phenoxy) is 1. The van der Waals surface area contributed by atoms with Gasteiger partial charge in [0.05, 0.1) is 6.61 Å². The molecule has 0 aliphatic rings. The number of anilines is 2. The molecule has 1 aromatic heterocycles. The van der Waals surface area contributed by atoms with Crippen molar-refractivity contribution < 1.29 is 18.7 Å². The van der Waals surface area contributed by atoms with Gasteiger partial charge in [-0.05, 0) is 24.3 Å². The summed E-state index contributed by atoms with van der Waals surface area (Å²) < 4.78 is 17.6. The van der Waals surface area contributed by atoms with Gasteiger partial charge in [0.15, 0.2) is 5.13 Å². The van der Waals surface area contributed by atoms with Crippen LogP contribution in [0.3, 0.4) is 0 Å². The van der Waals surface area contributed by atoms with Gasteiger partial charge in [0, 0.05) is 24.7 Å². The van der Waals surface area contributed by atoms with Crippen molar-refractivity contribution in [3.63, 3.8) is 0 Å². The molecule has 0 atom stereocenters. The number of aromatic nitrogens is 1. The van der Waals surface area contributed by atoms with Crippen LogP contribution >= 0.6 is 11.3 Å². The number of nitrogens with one attached hydrogen (secondary N) is 3. The Labute approximate surface area is 135 Å². The lowest BCUT2D eigenvalue weighted by Crippen LogP contribution is -2.27. The quantitative estimate of drug-likeness (QED) is 0.705. The summed E-state index contributed by atoms with van der Waals surface area (Å²) in [5.41, 5.74) is 0.654. The normalized spacial score (nSPS) is 10.2. The van der Waals surface area contributed by atoms with Gasteiger partial charge in [-0.25, -0.2) is 14.2 Å². The van der Waals surface area contributed by atoms with Gasteiger partial charge in [-0.1, -0.05) is 0 Å². The molecule has 0 aliphatic heterocycles. The number of thiazole rings is 1. The minimum Gasteiger partial charge on any atom is -0.383 e. The van der Waals surface area contributed by atoms with Crippen molar-refractivity contribution in [1.29, 1.82) is 0 Å². The summed E-state index contributed by atoms with van der Waals surface area (Å²) in [6.07, 6.45) is 0. The first-order valence-corrected chi connectivity index (χ1v) is 7.52. The summed E-state index contributed by atoms with van der Waals surface area (Å²) in [6, 6.07) is 4.82. The number of nitrogens with zero attached hydrogens (tertiary/aromatic N) is 1. The molecule has 0 radical (unpaired) electrons. The Bertz CT molecular complexity index is 675. The van der Waals surface area contributed by atoms with Crippen LogP contribution in [0, 0.1) is 5.82 Å². The molecule has 0 fully saturated rings. The number of urea groups is 1. The molecule has 3 N–H and O–H groups in total. The van der Waals surface area contributed by atoms with Crippen LogP contribution in [0.4, 0.5) is 20.0 Å². The number of halogens is 1. The Balaban J connectivity index is 1.87. The molecule has 2 rings (SSSR count). The number of methoxy groups -OCH3 is 1. The highest BCUT2D eigenvalue weighted by Gasteiger charge is 2.12. The van der Waals surface area contributed by atoms with Gasteiger partial charge in [0.2, 0.25) is 0 Å². The van der Waals surface area contributed by atoms with Crippen molar-refractivity contribution in [3.8, 4) is 0 Å². The van der Waals surface area contributed by atoms with E-state index in [0.29, 0.717) is 18.8 Å². The predicted octanol–water partition coefficient (Wildman–Crippen LogP) is 2.30. The highest BCUT2D eigenvalue weighted by molar-refractivity contribution is 7.14. The molecule has 0 spiro atoms. The maximum absolute atomic E-state index is 12.8. The molecular weight excluding hydrogens is 323 g/mol. The lowest BCUT2D eigenvalue weighted by Gasteiger charge is -2.05. The highest BCUT2D eigenvalue weighted by atomic mass is 32.1. The number of amides is 3. The van der Waals surface area contributed by atoms with Crippen LogP contribution in [0.25, 0.3) is 0 Å². The number of hydrogen-bond acceptors (Lipinski definition) is 5. The number of carbonyl (C=O) groups excluding carboxylic acids is 2. The standard InChI is InChI=1S/C14H15FN4O3S/c1-22-7-6-16-12(20)11-8-23-14(18-11)19-13(21)17-10-4-2-9(15)3-5-10/h2-5,8H,6-7H2,1H3,(H,16,20)(H2,17,18,19,21). The molecule has 23 heavy (non-hydrogen) atoms. The number of hydrogen-bond donors (Lipinski definition) is 3. The first-order valence-electron chi connectivity index (χ1n) is 6.64. The third kappa shape index (κ3) is 5.31. The maximum Gasteiger partial charge on any atom is 0.325 e. The molecule has 1 aromatic carbocycles. The van der Waals surface area contributed by atoms with Gasteiger partial charge >= 0.3 is 6.03 Å². The smallest absolute Gasteiger partial charge is 0.325 e. The van der Waals surface area contributed by atoms with Gasteiger partial charge in [0.1, 0.15) is 11.5 Å². The molecule has 0 aliphatic carbocycles. The number of carbonyl (C=O) groups is 2. The van der Waals surface area contributed by atoms with Crippen LogP contribution in [0.15, 0.2) is 29.6 Å². The van der Waals surface area contributed by atoms with Gasteiger partial charge in [-0.3, -0.25) is 10.1 Å². The van der Waals surface area contributed by atoms with Gasteiger partial charge < -0.3 is 15.4 Å². The molecule has 122 valence electrons. The molecular formula is C14H15FN4O3S. The number of rotatable bonds is 6. The monoisotopic (exact) mass is 338 g/mol. The van der Waals surface area contributed by atoms with Crippen LogP contribution in [0.2, 0.25) is 0 Å². The summed E-state index contributed by atoms with van der Waals surface area (Å²) in [7, 11) is 1.54. The number of benzene rings is 1. The van der Waals surface area contributed by atoms with E-state index in [4.69, 9.17) is 4.74 Å². The van der Waals surface area contributed by atoms with Crippen molar-refractivity contribution in [3.05, 3.63) is 41.2 Å². The average Bonchev–Trinajstić information content (AvgIpc) is 2.98. The Morgan fingerprint density at radius 1 is 1.26 bits per heavy atom. The third-order valence-electron chi connectivity index (χ3n) is 2.65. The molecule has 0 unspecified atom stereocenters. The second-order valence-corrected chi connectivity index (χ2v) is 5.23. The fourth-order valence-electron chi connectivity index (χ4n) is 1.59. The summed E-state index contributed by atoms with van der Waals surface area (Å²) >= 11 is 1.12. The lowest BCUT2D eigenvalue weighted by molar-refractivity contribution is 0.0933. The zero-order valence-electron chi connectivity index (χ0n) is 12.3. The second kappa shape index (κ2) is 8.20. The SMILES string of the molecule is COCCNC(=O)c1csc(NC(=O)Nc2ccc(F)cc2)n1. The zero-order chi connectivity index (χ0) is 16.7. The van der Waals surface area contributed by atoms with Crippen molar-refractivity contribution in [2.75, 3.05) is 30.9 Å². The van der Waals surface area contributed by atoms with E-state index in [1.807, 2.05) is 0 Å². The molecule has 2 aromatic rings. The van der Waals surface area contributed by atoms with Crippen LogP contribution in [-0.4, -0.2) is 37.2 Å². The average molecular weight is 338 g/mol. The predicted molar refractivity (Wildman–Crippen MR) is 85.4 cm³/mol. The fourth-order valence-corrected chi connectivity index (χ4v) is 2.27. The van der Waals surface area contributed by atoms with E-state index in [1.54, 1.807) is 0 Å². The Morgan fingerprint density at radius 3 is 2.70 bits per heavy atom. The summed E-state index contributed by atoms with van der Waals surface area (Å²) in [4.78, 5) is 27.6. The molecule has 7 nitrogen and oxygen atoms in total. The second-order valence-electron chi connectivity index (χ2n) is 4.37. The van der Waals surface area contributed by atoms with Gasteiger partial charge in [0.25, 0.3) is 5.91 Å². The highest BCUT2D eigenvalue weighted by Crippen LogP contribution is 2.16. The fraction of sp³-hybridized carbons (Fsp3) is 0.214. The molecule has 9 heteroatoms. The van der Waals surface area contributed by atoms with E-state index < -0.39 is 6.03 Å². The van der Waals surface area contributed by atoms with E-state index in [-0.39, 0.29) is 22.5 Å². The van der Waals surface area contributed by atoms with Crippen LogP contribution in [0.1, 0.15) is 10.5 Å². The van der Waals surface area contributed by atoms with E-state index in [2.05, 4.69) is 20.9 Å². The van der Waals surface area contributed by atoms with Crippen molar-refractivity contribution in [2.24, 2.45) is 0 Å². The lowest BCUT2D eigenvalue weighted by atomic mass is 10.3. The van der Waals surface area contributed by atoms with E-state index in [9.17, 15) is 14.0 Å². The first kappa shape index (κ1) is 16.8. The molecule has 0 saturated carbocycles. The largest absolute Gasteiger partial charge is 0.383 e. The van der Waals surface area contributed by atoms with Crippen LogP contribution < -0.4 is 16.0 Å². The third-order valence-corrected chi connectivity index (χ3v) is 3.41. The van der Waals surface area contributed by atoms with E-state index in [1.165, 1.54) is 36.8 Å². The molecule has 0 saturated heterocycles. The summed E-state index contributed by atoms with van der Waals surface area (Å²) in [6.45, 7) is 0.779. The van der Waals surface area contributed by atoms with Crippen molar-refractivity contribution >= 4 is 34.1 Å². The molecule has 3 amide bonds. The Kier molecular flexibility index (Phi) is 6.01. The first-order chi connectivity index (χ1) is 11.1. The van der Waals surface area contributed by atoms with E-state index >= 15 is 0 Å². The van der Waals surface area contributed by atoms with Crippen molar-refractivity contribution in [1.82, 2.24) is 10.3 Å². The molecule has 1 heterocycles. The maximum atomic E-state index is 12.8.